The zero-order chi connectivity index (χ0) is 14.3. The highest BCUT2D eigenvalue weighted by Crippen LogP contribution is 2.29. The fraction of sp³-hybridized carbons (Fsp3) is 0.600. The average molecular weight is 329 g/mol. The molecule has 0 aromatic heterocycles. The SMILES string of the molecule is CCOCCN(CC)c1ccc(Br)cc1C(C)NC. The Balaban J connectivity index is 2.94. The molecule has 0 amide bonds. The summed E-state index contributed by atoms with van der Waals surface area (Å²) in [5, 5.41) is 3.32. The first-order valence-electron chi connectivity index (χ1n) is 6.93. The van der Waals surface area contributed by atoms with Crippen molar-refractivity contribution in [2.45, 2.75) is 26.8 Å². The summed E-state index contributed by atoms with van der Waals surface area (Å²) in [7, 11) is 1.99. The van der Waals surface area contributed by atoms with Crippen LogP contribution in [0.4, 0.5) is 5.69 Å². The molecule has 1 rings (SSSR count). The molecule has 19 heavy (non-hydrogen) atoms. The normalized spacial score (nSPS) is 12.5. The van der Waals surface area contributed by atoms with Crippen LogP contribution in [0.3, 0.4) is 0 Å². The smallest absolute Gasteiger partial charge is 0.0641 e. The molecule has 0 aliphatic heterocycles. The van der Waals surface area contributed by atoms with E-state index in [1.165, 1.54) is 11.3 Å². The first-order chi connectivity index (χ1) is 9.13. The molecule has 0 aliphatic rings. The van der Waals surface area contributed by atoms with Gasteiger partial charge in [0.25, 0.3) is 0 Å². The Kier molecular flexibility index (Phi) is 7.42. The minimum atomic E-state index is 0.327. The molecule has 0 radical (unpaired) electrons. The molecule has 0 heterocycles. The van der Waals surface area contributed by atoms with E-state index in [9.17, 15) is 0 Å². The van der Waals surface area contributed by atoms with Crippen LogP contribution in [-0.4, -0.2) is 33.4 Å². The van der Waals surface area contributed by atoms with Crippen molar-refractivity contribution in [2.24, 2.45) is 0 Å². The maximum atomic E-state index is 5.47. The zero-order valence-corrected chi connectivity index (χ0v) is 14.0. The third kappa shape index (κ3) is 4.79. The molecule has 0 fully saturated rings. The molecule has 1 aromatic carbocycles. The molecule has 0 saturated carbocycles. The van der Waals surface area contributed by atoms with Crippen molar-refractivity contribution in [3.63, 3.8) is 0 Å². The van der Waals surface area contributed by atoms with Gasteiger partial charge in [0.15, 0.2) is 0 Å². The molecular weight excluding hydrogens is 304 g/mol. The number of anilines is 1. The fourth-order valence-electron chi connectivity index (χ4n) is 2.08. The van der Waals surface area contributed by atoms with Crippen molar-refractivity contribution in [1.82, 2.24) is 5.32 Å². The molecule has 1 atom stereocenters. The van der Waals surface area contributed by atoms with Crippen molar-refractivity contribution >= 4 is 21.6 Å². The molecule has 3 nitrogen and oxygen atoms in total. The van der Waals surface area contributed by atoms with E-state index in [-0.39, 0.29) is 0 Å². The van der Waals surface area contributed by atoms with Gasteiger partial charge >= 0.3 is 0 Å². The number of halogens is 1. The Labute approximate surface area is 125 Å². The lowest BCUT2D eigenvalue weighted by molar-refractivity contribution is 0.154. The number of benzene rings is 1. The molecule has 108 valence electrons. The van der Waals surface area contributed by atoms with Crippen LogP contribution >= 0.6 is 15.9 Å². The predicted octanol–water partition coefficient (Wildman–Crippen LogP) is 3.59. The summed E-state index contributed by atoms with van der Waals surface area (Å²) in [6.07, 6.45) is 0. The molecule has 4 heteroatoms. The van der Waals surface area contributed by atoms with Crippen LogP contribution in [0.1, 0.15) is 32.4 Å². The van der Waals surface area contributed by atoms with Crippen molar-refractivity contribution < 1.29 is 4.74 Å². The summed E-state index contributed by atoms with van der Waals surface area (Å²) in [6.45, 7) is 9.85. The Hall–Kier alpha value is -0.580. The third-order valence-electron chi connectivity index (χ3n) is 3.32. The van der Waals surface area contributed by atoms with Crippen molar-refractivity contribution in [2.75, 3.05) is 38.3 Å². The van der Waals surface area contributed by atoms with Gasteiger partial charge < -0.3 is 15.0 Å². The number of nitrogens with one attached hydrogen (secondary N) is 1. The average Bonchev–Trinajstić information content (AvgIpc) is 2.43. The summed E-state index contributed by atoms with van der Waals surface area (Å²) >= 11 is 3.56. The number of rotatable bonds is 8. The number of hydrogen-bond acceptors (Lipinski definition) is 3. The standard InChI is InChI=1S/C15H25BrN2O/c1-5-18(9-10-19-6-2)15-8-7-13(16)11-14(15)12(3)17-4/h7-8,11-12,17H,5-6,9-10H2,1-4H3. The van der Waals surface area contributed by atoms with Crippen LogP contribution in [0.5, 0.6) is 0 Å². The van der Waals surface area contributed by atoms with E-state index in [0.29, 0.717) is 6.04 Å². The Morgan fingerprint density at radius 3 is 2.68 bits per heavy atom. The molecule has 1 N–H and O–H groups in total. The third-order valence-corrected chi connectivity index (χ3v) is 3.81. The second kappa shape index (κ2) is 8.56. The van der Waals surface area contributed by atoms with E-state index in [0.717, 1.165) is 30.8 Å². The molecular formula is C15H25BrN2O. The molecule has 0 aliphatic carbocycles. The minimum Gasteiger partial charge on any atom is -0.380 e. The van der Waals surface area contributed by atoms with Crippen LogP contribution in [-0.2, 0) is 4.74 Å². The largest absolute Gasteiger partial charge is 0.380 e. The highest BCUT2D eigenvalue weighted by atomic mass is 79.9. The monoisotopic (exact) mass is 328 g/mol. The van der Waals surface area contributed by atoms with E-state index >= 15 is 0 Å². The summed E-state index contributed by atoms with van der Waals surface area (Å²) in [5.41, 5.74) is 2.60. The van der Waals surface area contributed by atoms with Crippen molar-refractivity contribution in [3.05, 3.63) is 28.2 Å². The van der Waals surface area contributed by atoms with Gasteiger partial charge in [-0.25, -0.2) is 0 Å². The summed E-state index contributed by atoms with van der Waals surface area (Å²) in [4.78, 5) is 2.37. The number of hydrogen-bond donors (Lipinski definition) is 1. The molecule has 0 spiro atoms. The number of likely N-dealkylation sites (N-methyl/N-ethyl adjacent to an activating group) is 1. The lowest BCUT2D eigenvalue weighted by Crippen LogP contribution is -2.29. The van der Waals surface area contributed by atoms with Crippen LogP contribution in [0.2, 0.25) is 0 Å². The van der Waals surface area contributed by atoms with Gasteiger partial charge in [-0.2, -0.15) is 0 Å². The van der Waals surface area contributed by atoms with E-state index in [1.807, 2.05) is 14.0 Å². The van der Waals surface area contributed by atoms with Crippen LogP contribution in [0.25, 0.3) is 0 Å². The summed E-state index contributed by atoms with van der Waals surface area (Å²) in [5.74, 6) is 0. The lowest BCUT2D eigenvalue weighted by Gasteiger charge is -2.28. The van der Waals surface area contributed by atoms with Gasteiger partial charge in [0.1, 0.15) is 0 Å². The molecule has 0 saturated heterocycles. The maximum absolute atomic E-state index is 5.47. The second-order valence-electron chi connectivity index (χ2n) is 4.49. The van der Waals surface area contributed by atoms with Crippen LogP contribution in [0, 0.1) is 0 Å². The number of ether oxygens (including phenoxy) is 1. The van der Waals surface area contributed by atoms with Crippen molar-refractivity contribution in [3.8, 4) is 0 Å². The summed E-state index contributed by atoms with van der Waals surface area (Å²) in [6, 6.07) is 6.81. The van der Waals surface area contributed by atoms with E-state index in [1.54, 1.807) is 0 Å². The maximum Gasteiger partial charge on any atom is 0.0641 e. The van der Waals surface area contributed by atoms with Gasteiger partial charge in [0, 0.05) is 35.9 Å². The van der Waals surface area contributed by atoms with E-state index in [4.69, 9.17) is 4.74 Å². The molecule has 0 bridgehead atoms. The van der Waals surface area contributed by atoms with E-state index < -0.39 is 0 Å². The summed E-state index contributed by atoms with van der Waals surface area (Å²) < 4.78 is 6.59. The van der Waals surface area contributed by atoms with Crippen LogP contribution < -0.4 is 10.2 Å². The second-order valence-corrected chi connectivity index (χ2v) is 5.41. The van der Waals surface area contributed by atoms with Crippen molar-refractivity contribution in [1.29, 1.82) is 0 Å². The highest BCUT2D eigenvalue weighted by molar-refractivity contribution is 9.10. The topological polar surface area (TPSA) is 24.5 Å². The lowest BCUT2D eigenvalue weighted by atomic mass is 10.1. The van der Waals surface area contributed by atoms with Gasteiger partial charge in [-0.05, 0) is 51.6 Å². The zero-order valence-electron chi connectivity index (χ0n) is 12.4. The number of nitrogens with zero attached hydrogens (tertiary/aromatic N) is 1. The first kappa shape index (κ1) is 16.5. The van der Waals surface area contributed by atoms with Gasteiger partial charge in [-0.3, -0.25) is 0 Å². The van der Waals surface area contributed by atoms with Gasteiger partial charge in [0.05, 0.1) is 6.61 Å². The van der Waals surface area contributed by atoms with Gasteiger partial charge in [0.2, 0.25) is 0 Å². The molecule has 1 aromatic rings. The Bertz CT molecular complexity index is 384. The van der Waals surface area contributed by atoms with Gasteiger partial charge in [-0.15, -0.1) is 0 Å². The minimum absolute atomic E-state index is 0.327. The predicted molar refractivity (Wildman–Crippen MR) is 86.0 cm³/mol. The van der Waals surface area contributed by atoms with Gasteiger partial charge in [-0.1, -0.05) is 15.9 Å². The van der Waals surface area contributed by atoms with Crippen LogP contribution in [0.15, 0.2) is 22.7 Å². The fourth-order valence-corrected chi connectivity index (χ4v) is 2.46. The quantitative estimate of drug-likeness (QED) is 0.738. The Morgan fingerprint density at radius 1 is 1.37 bits per heavy atom. The highest BCUT2D eigenvalue weighted by Gasteiger charge is 2.14. The molecule has 1 unspecified atom stereocenters. The first-order valence-corrected chi connectivity index (χ1v) is 7.72. The van der Waals surface area contributed by atoms with E-state index in [2.05, 4.69) is 58.2 Å². The Morgan fingerprint density at radius 2 is 2.11 bits per heavy atom.